The monoisotopic (exact) mass is 292 g/mol. The van der Waals surface area contributed by atoms with Crippen LogP contribution in [0.1, 0.15) is 24.6 Å². The Morgan fingerprint density at radius 2 is 2.15 bits per heavy atom. The Bertz CT molecular complexity index is 471. The Hall–Kier alpha value is -1.20. The fraction of sp³-hybridized carbons (Fsp3) is 0.533. The van der Waals surface area contributed by atoms with Crippen LogP contribution in [0.15, 0.2) is 24.3 Å². The zero-order chi connectivity index (χ0) is 13.9. The fourth-order valence-electron chi connectivity index (χ4n) is 2.94. The zero-order valence-corrected chi connectivity index (χ0v) is 12.5. The number of benzene rings is 1. The van der Waals surface area contributed by atoms with Crippen LogP contribution in [0.2, 0.25) is 0 Å². The van der Waals surface area contributed by atoms with E-state index in [0.29, 0.717) is 12.6 Å². The molecule has 0 saturated carbocycles. The zero-order valence-electron chi connectivity index (χ0n) is 11.7. The van der Waals surface area contributed by atoms with Crippen LogP contribution in [0.5, 0.6) is 5.75 Å². The lowest BCUT2D eigenvalue weighted by atomic mass is 10.1. The van der Waals surface area contributed by atoms with Crippen LogP contribution < -0.4 is 10.1 Å². The molecular weight excluding hydrogens is 272 g/mol. The lowest BCUT2D eigenvalue weighted by Crippen LogP contribution is -2.42. The van der Waals surface area contributed by atoms with Gasteiger partial charge in [-0.1, -0.05) is 12.1 Å². The van der Waals surface area contributed by atoms with E-state index in [4.69, 9.17) is 4.74 Å². The first-order valence-corrected chi connectivity index (χ1v) is 8.21. The van der Waals surface area contributed by atoms with E-state index in [1.165, 1.54) is 12.2 Å². The molecule has 20 heavy (non-hydrogen) atoms. The van der Waals surface area contributed by atoms with Crippen molar-refractivity contribution >= 4 is 17.7 Å². The number of ether oxygens (including phenoxy) is 1. The highest BCUT2D eigenvalue weighted by Crippen LogP contribution is 2.31. The molecule has 1 N–H and O–H groups in total. The standard InChI is InChI=1S/C15H20N2O2S/c1-19-13-6-4-11(5-7-13)15-16-9-14(18)17(15)12-3-2-8-20-10-12/h4-7,12,15-16H,2-3,8-10H2,1H3. The van der Waals surface area contributed by atoms with E-state index in [9.17, 15) is 4.79 Å². The first kappa shape index (κ1) is 13.8. The van der Waals surface area contributed by atoms with Crippen molar-refractivity contribution < 1.29 is 9.53 Å². The highest BCUT2D eigenvalue weighted by atomic mass is 32.2. The minimum absolute atomic E-state index is 0.0112. The number of hydrogen-bond donors (Lipinski definition) is 1. The van der Waals surface area contributed by atoms with Crippen molar-refractivity contribution in [2.24, 2.45) is 0 Å². The molecule has 1 aromatic rings. The molecule has 0 spiro atoms. The van der Waals surface area contributed by atoms with Gasteiger partial charge < -0.3 is 9.64 Å². The maximum absolute atomic E-state index is 12.2. The van der Waals surface area contributed by atoms with Crippen molar-refractivity contribution in [3.05, 3.63) is 29.8 Å². The average Bonchev–Trinajstić information content (AvgIpc) is 2.90. The predicted molar refractivity (Wildman–Crippen MR) is 80.9 cm³/mol. The molecule has 0 aromatic heterocycles. The molecule has 0 radical (unpaired) electrons. The van der Waals surface area contributed by atoms with Crippen LogP contribution in [0, 0.1) is 0 Å². The highest BCUT2D eigenvalue weighted by Gasteiger charge is 2.37. The van der Waals surface area contributed by atoms with Gasteiger partial charge in [0.05, 0.1) is 13.7 Å². The van der Waals surface area contributed by atoms with Crippen molar-refractivity contribution in [3.63, 3.8) is 0 Å². The first-order valence-electron chi connectivity index (χ1n) is 7.06. The molecule has 2 atom stereocenters. The fourth-order valence-corrected chi connectivity index (χ4v) is 4.08. The molecule has 2 aliphatic heterocycles. The Labute approximate surface area is 123 Å². The number of rotatable bonds is 3. The van der Waals surface area contributed by atoms with Crippen LogP contribution >= 0.6 is 11.8 Å². The Balaban J connectivity index is 1.80. The summed E-state index contributed by atoms with van der Waals surface area (Å²) in [4.78, 5) is 14.3. The smallest absolute Gasteiger partial charge is 0.238 e. The minimum atomic E-state index is 0.0112. The van der Waals surface area contributed by atoms with Crippen LogP contribution in [0.3, 0.4) is 0 Å². The molecular formula is C15H20N2O2S. The average molecular weight is 292 g/mol. The number of carbonyl (C=O) groups excluding carboxylic acids is 1. The van der Waals surface area contributed by atoms with Crippen LogP contribution in [0.25, 0.3) is 0 Å². The van der Waals surface area contributed by atoms with Crippen molar-refractivity contribution in [2.45, 2.75) is 25.0 Å². The molecule has 0 bridgehead atoms. The molecule has 2 fully saturated rings. The third-order valence-electron chi connectivity index (χ3n) is 3.97. The second-order valence-electron chi connectivity index (χ2n) is 5.23. The largest absolute Gasteiger partial charge is 0.497 e. The van der Waals surface area contributed by atoms with E-state index in [-0.39, 0.29) is 12.1 Å². The summed E-state index contributed by atoms with van der Waals surface area (Å²) in [6.45, 7) is 0.442. The molecule has 1 amide bonds. The van der Waals surface area contributed by atoms with Gasteiger partial charge in [0.25, 0.3) is 0 Å². The summed E-state index contributed by atoms with van der Waals surface area (Å²) in [7, 11) is 1.66. The number of thioether (sulfide) groups is 1. The highest BCUT2D eigenvalue weighted by molar-refractivity contribution is 7.99. The van der Waals surface area contributed by atoms with Gasteiger partial charge in [0.15, 0.2) is 0 Å². The van der Waals surface area contributed by atoms with E-state index in [1.54, 1.807) is 7.11 Å². The van der Waals surface area contributed by atoms with Crippen molar-refractivity contribution in [1.29, 1.82) is 0 Å². The maximum atomic E-state index is 12.2. The third kappa shape index (κ3) is 2.65. The Kier molecular flexibility index (Phi) is 4.17. The molecule has 4 nitrogen and oxygen atoms in total. The van der Waals surface area contributed by atoms with Crippen LogP contribution in [0.4, 0.5) is 0 Å². The van der Waals surface area contributed by atoms with Crippen molar-refractivity contribution in [3.8, 4) is 5.75 Å². The van der Waals surface area contributed by atoms with Crippen molar-refractivity contribution in [2.75, 3.05) is 25.2 Å². The van der Waals surface area contributed by atoms with Crippen LogP contribution in [-0.4, -0.2) is 42.0 Å². The number of amides is 1. The SMILES string of the molecule is COc1ccc(C2NCC(=O)N2C2CCCSC2)cc1. The molecule has 1 aromatic carbocycles. The van der Waals surface area contributed by atoms with Gasteiger partial charge in [-0.2, -0.15) is 11.8 Å². The summed E-state index contributed by atoms with van der Waals surface area (Å²) >= 11 is 1.95. The van der Waals surface area contributed by atoms with E-state index < -0.39 is 0 Å². The summed E-state index contributed by atoms with van der Waals surface area (Å²) in [6.07, 6.45) is 2.33. The van der Waals surface area contributed by atoms with Gasteiger partial charge in [0.1, 0.15) is 11.9 Å². The molecule has 2 unspecified atom stereocenters. The summed E-state index contributed by atoms with van der Waals surface area (Å²) in [6, 6.07) is 8.35. The number of nitrogens with zero attached hydrogens (tertiary/aromatic N) is 1. The van der Waals surface area contributed by atoms with E-state index in [2.05, 4.69) is 5.32 Å². The van der Waals surface area contributed by atoms with E-state index in [1.807, 2.05) is 40.9 Å². The predicted octanol–water partition coefficient (Wildman–Crippen LogP) is 2.02. The van der Waals surface area contributed by atoms with Crippen molar-refractivity contribution in [1.82, 2.24) is 10.2 Å². The van der Waals surface area contributed by atoms with E-state index >= 15 is 0 Å². The molecule has 2 aliphatic rings. The third-order valence-corrected chi connectivity index (χ3v) is 5.17. The molecule has 108 valence electrons. The maximum Gasteiger partial charge on any atom is 0.238 e. The lowest BCUT2D eigenvalue weighted by molar-refractivity contribution is -0.130. The Morgan fingerprint density at radius 3 is 2.80 bits per heavy atom. The molecule has 2 saturated heterocycles. The van der Waals surface area contributed by atoms with Gasteiger partial charge in [-0.3, -0.25) is 10.1 Å². The van der Waals surface area contributed by atoms with Gasteiger partial charge in [0.2, 0.25) is 5.91 Å². The molecule has 2 heterocycles. The van der Waals surface area contributed by atoms with Gasteiger partial charge in [-0.25, -0.2) is 0 Å². The second kappa shape index (κ2) is 6.06. The summed E-state index contributed by atoms with van der Waals surface area (Å²) in [5, 5.41) is 3.33. The normalized spacial score (nSPS) is 26.9. The minimum Gasteiger partial charge on any atom is -0.497 e. The van der Waals surface area contributed by atoms with Crippen LogP contribution in [-0.2, 0) is 4.79 Å². The number of carbonyl (C=O) groups is 1. The van der Waals surface area contributed by atoms with Gasteiger partial charge in [-0.05, 0) is 36.3 Å². The molecule has 3 rings (SSSR count). The summed E-state index contributed by atoms with van der Waals surface area (Å²) in [5.74, 6) is 3.34. The van der Waals surface area contributed by atoms with Gasteiger partial charge in [-0.15, -0.1) is 0 Å². The summed E-state index contributed by atoms with van der Waals surface area (Å²) in [5.41, 5.74) is 1.13. The number of methoxy groups -OCH3 is 1. The first-order chi connectivity index (χ1) is 9.79. The Morgan fingerprint density at radius 1 is 1.35 bits per heavy atom. The van der Waals surface area contributed by atoms with E-state index in [0.717, 1.165) is 23.5 Å². The lowest BCUT2D eigenvalue weighted by Gasteiger charge is -2.35. The molecule has 0 aliphatic carbocycles. The topological polar surface area (TPSA) is 41.6 Å². The molecule has 5 heteroatoms. The van der Waals surface area contributed by atoms with Gasteiger partial charge in [0, 0.05) is 11.8 Å². The quantitative estimate of drug-likeness (QED) is 0.925. The second-order valence-corrected chi connectivity index (χ2v) is 6.38. The van der Waals surface area contributed by atoms with Gasteiger partial charge >= 0.3 is 0 Å². The number of nitrogens with one attached hydrogen (secondary N) is 1. The number of hydrogen-bond acceptors (Lipinski definition) is 4. The summed E-state index contributed by atoms with van der Waals surface area (Å²) < 4.78 is 5.19.